The molecule has 6 nitrogen and oxygen atoms in total. The second kappa shape index (κ2) is 7.18. The highest BCUT2D eigenvalue weighted by Gasteiger charge is 2.23. The SMILES string of the molecule is O=C(CN1CCSC1=O)Nc1ccnn1Cc1ccc(Br)cc1. The summed E-state index contributed by atoms with van der Waals surface area (Å²) in [5.74, 6) is 1.16. The Hall–Kier alpha value is -1.80. The van der Waals surface area contributed by atoms with Crippen LogP contribution in [0.3, 0.4) is 0 Å². The van der Waals surface area contributed by atoms with Crippen LogP contribution in [0.25, 0.3) is 0 Å². The summed E-state index contributed by atoms with van der Waals surface area (Å²) < 4.78 is 2.74. The predicted molar refractivity (Wildman–Crippen MR) is 93.5 cm³/mol. The van der Waals surface area contributed by atoms with Crippen molar-refractivity contribution < 1.29 is 9.59 Å². The fourth-order valence-corrected chi connectivity index (χ4v) is 3.34. The molecule has 1 aliphatic heterocycles. The molecule has 0 unspecified atom stereocenters. The highest BCUT2D eigenvalue weighted by atomic mass is 79.9. The van der Waals surface area contributed by atoms with Gasteiger partial charge in [0.2, 0.25) is 5.91 Å². The van der Waals surface area contributed by atoms with E-state index >= 15 is 0 Å². The molecule has 8 heteroatoms. The zero-order valence-corrected chi connectivity index (χ0v) is 14.6. The zero-order valence-electron chi connectivity index (χ0n) is 12.2. The Balaban J connectivity index is 1.62. The van der Waals surface area contributed by atoms with Gasteiger partial charge in [0.05, 0.1) is 12.7 Å². The van der Waals surface area contributed by atoms with Crippen LogP contribution in [-0.2, 0) is 11.3 Å². The van der Waals surface area contributed by atoms with Crippen LogP contribution in [0.2, 0.25) is 0 Å². The van der Waals surface area contributed by atoms with E-state index in [-0.39, 0.29) is 17.7 Å². The molecule has 1 aromatic carbocycles. The van der Waals surface area contributed by atoms with Gasteiger partial charge in [-0.15, -0.1) is 0 Å². The van der Waals surface area contributed by atoms with Crippen LogP contribution in [0.15, 0.2) is 41.0 Å². The lowest BCUT2D eigenvalue weighted by Gasteiger charge is -2.14. The van der Waals surface area contributed by atoms with Crippen LogP contribution >= 0.6 is 27.7 Å². The molecular weight excluding hydrogens is 380 g/mol. The fourth-order valence-electron chi connectivity index (χ4n) is 2.25. The number of benzene rings is 1. The van der Waals surface area contributed by atoms with Crippen molar-refractivity contribution in [2.45, 2.75) is 6.54 Å². The number of amides is 2. The minimum Gasteiger partial charge on any atom is -0.323 e. The normalized spacial score (nSPS) is 14.3. The van der Waals surface area contributed by atoms with E-state index in [1.54, 1.807) is 21.8 Å². The summed E-state index contributed by atoms with van der Waals surface area (Å²) in [5, 5.41) is 7.02. The molecule has 23 heavy (non-hydrogen) atoms. The maximum Gasteiger partial charge on any atom is 0.282 e. The van der Waals surface area contributed by atoms with E-state index in [2.05, 4.69) is 26.3 Å². The molecule has 2 heterocycles. The smallest absolute Gasteiger partial charge is 0.282 e. The van der Waals surface area contributed by atoms with Crippen LogP contribution in [0, 0.1) is 0 Å². The van der Waals surface area contributed by atoms with Gasteiger partial charge >= 0.3 is 0 Å². The van der Waals surface area contributed by atoms with Crippen LogP contribution < -0.4 is 5.32 Å². The fraction of sp³-hybridized carbons (Fsp3) is 0.267. The van der Waals surface area contributed by atoms with Gasteiger partial charge in [-0.05, 0) is 17.7 Å². The molecule has 0 aliphatic carbocycles. The van der Waals surface area contributed by atoms with Crippen molar-refractivity contribution in [1.29, 1.82) is 0 Å². The van der Waals surface area contributed by atoms with E-state index in [4.69, 9.17) is 0 Å². The van der Waals surface area contributed by atoms with E-state index in [0.717, 1.165) is 15.8 Å². The largest absolute Gasteiger partial charge is 0.323 e. The third-order valence-corrected chi connectivity index (χ3v) is 4.83. The molecule has 2 aromatic rings. The first-order chi connectivity index (χ1) is 11.1. The lowest BCUT2D eigenvalue weighted by molar-refractivity contribution is -0.116. The van der Waals surface area contributed by atoms with Crippen molar-refractivity contribution in [1.82, 2.24) is 14.7 Å². The van der Waals surface area contributed by atoms with Gasteiger partial charge in [-0.1, -0.05) is 39.8 Å². The molecule has 1 fully saturated rings. The summed E-state index contributed by atoms with van der Waals surface area (Å²) in [4.78, 5) is 25.2. The molecule has 2 amide bonds. The number of carbonyl (C=O) groups excluding carboxylic acids is 2. The summed E-state index contributed by atoms with van der Waals surface area (Å²) in [6.07, 6.45) is 1.64. The Kier molecular flexibility index (Phi) is 5.02. The van der Waals surface area contributed by atoms with Gasteiger partial charge < -0.3 is 10.2 Å². The van der Waals surface area contributed by atoms with Crippen molar-refractivity contribution in [3.63, 3.8) is 0 Å². The van der Waals surface area contributed by atoms with Gasteiger partial charge in [0, 0.05) is 22.8 Å². The van der Waals surface area contributed by atoms with Gasteiger partial charge in [0.1, 0.15) is 12.4 Å². The standard InChI is InChI=1S/C15H15BrN4O2S/c16-12-3-1-11(2-4-12)9-20-13(5-6-17-20)18-14(21)10-19-7-8-23-15(19)22/h1-6H,7-10H2,(H,18,21). The number of halogens is 1. The van der Waals surface area contributed by atoms with Crippen molar-refractivity contribution >= 4 is 44.7 Å². The zero-order chi connectivity index (χ0) is 16.2. The number of nitrogens with one attached hydrogen (secondary N) is 1. The predicted octanol–water partition coefficient (Wildman–Crippen LogP) is 2.80. The molecule has 0 spiro atoms. The maximum atomic E-state index is 12.1. The third-order valence-electron chi connectivity index (χ3n) is 3.41. The molecule has 1 aromatic heterocycles. The first-order valence-corrected chi connectivity index (χ1v) is 8.87. The Morgan fingerprint density at radius 2 is 2.09 bits per heavy atom. The summed E-state index contributed by atoms with van der Waals surface area (Å²) >= 11 is 4.65. The van der Waals surface area contributed by atoms with Crippen molar-refractivity contribution in [2.75, 3.05) is 24.2 Å². The summed E-state index contributed by atoms with van der Waals surface area (Å²) in [5.41, 5.74) is 1.08. The van der Waals surface area contributed by atoms with Crippen molar-refractivity contribution in [3.8, 4) is 0 Å². The van der Waals surface area contributed by atoms with E-state index < -0.39 is 0 Å². The number of thioether (sulfide) groups is 1. The van der Waals surface area contributed by atoms with E-state index in [9.17, 15) is 9.59 Å². The molecule has 1 aliphatic rings. The topological polar surface area (TPSA) is 67.2 Å². The lowest BCUT2D eigenvalue weighted by atomic mass is 10.2. The highest BCUT2D eigenvalue weighted by molar-refractivity contribution is 9.10. The monoisotopic (exact) mass is 394 g/mol. The van der Waals surface area contributed by atoms with Gasteiger partial charge in [-0.3, -0.25) is 9.59 Å². The second-order valence-corrected chi connectivity index (χ2v) is 7.05. The van der Waals surface area contributed by atoms with Crippen LogP contribution in [0.1, 0.15) is 5.56 Å². The molecule has 0 radical (unpaired) electrons. The quantitative estimate of drug-likeness (QED) is 0.846. The molecule has 120 valence electrons. The first kappa shape index (κ1) is 16.1. The van der Waals surface area contributed by atoms with Crippen molar-refractivity contribution in [3.05, 3.63) is 46.6 Å². The Labute approximate surface area is 146 Å². The number of carbonyl (C=O) groups is 2. The van der Waals surface area contributed by atoms with Gasteiger partial charge in [-0.25, -0.2) is 4.68 Å². The molecule has 0 atom stereocenters. The molecule has 1 saturated heterocycles. The van der Waals surface area contributed by atoms with Crippen LogP contribution in [0.4, 0.5) is 10.6 Å². The summed E-state index contributed by atoms with van der Waals surface area (Å²) in [7, 11) is 0. The van der Waals surface area contributed by atoms with Crippen LogP contribution in [0.5, 0.6) is 0 Å². The van der Waals surface area contributed by atoms with Gasteiger partial charge in [-0.2, -0.15) is 5.10 Å². The highest BCUT2D eigenvalue weighted by Crippen LogP contribution is 2.17. The van der Waals surface area contributed by atoms with Crippen LogP contribution in [-0.4, -0.2) is 44.7 Å². The van der Waals surface area contributed by atoms with E-state index in [0.29, 0.717) is 18.9 Å². The number of anilines is 1. The average molecular weight is 395 g/mol. The summed E-state index contributed by atoms with van der Waals surface area (Å²) in [6, 6.07) is 9.67. The number of aromatic nitrogens is 2. The number of nitrogens with zero attached hydrogens (tertiary/aromatic N) is 3. The minimum atomic E-state index is -0.210. The molecular formula is C15H15BrN4O2S. The van der Waals surface area contributed by atoms with Gasteiger partial charge in [0.25, 0.3) is 5.24 Å². The number of hydrogen-bond acceptors (Lipinski definition) is 4. The molecule has 0 bridgehead atoms. The summed E-state index contributed by atoms with van der Waals surface area (Å²) in [6.45, 7) is 1.26. The van der Waals surface area contributed by atoms with Crippen molar-refractivity contribution in [2.24, 2.45) is 0 Å². The van der Waals surface area contributed by atoms with E-state index in [1.165, 1.54) is 11.8 Å². The molecule has 1 N–H and O–H groups in total. The lowest BCUT2D eigenvalue weighted by Crippen LogP contribution is -2.33. The average Bonchev–Trinajstić information content (AvgIpc) is 3.12. The minimum absolute atomic E-state index is 0.0384. The van der Waals surface area contributed by atoms with Gasteiger partial charge in [0.15, 0.2) is 0 Å². The Morgan fingerprint density at radius 3 is 2.78 bits per heavy atom. The maximum absolute atomic E-state index is 12.1. The molecule has 3 rings (SSSR count). The second-order valence-electron chi connectivity index (χ2n) is 5.08. The Bertz CT molecular complexity index is 717. The van der Waals surface area contributed by atoms with E-state index in [1.807, 2.05) is 24.3 Å². The first-order valence-electron chi connectivity index (χ1n) is 7.09. The third kappa shape index (κ3) is 4.14. The number of rotatable bonds is 5. The Morgan fingerprint density at radius 1 is 1.30 bits per heavy atom. The molecule has 0 saturated carbocycles. The number of hydrogen-bond donors (Lipinski definition) is 1.